The molecule has 0 aliphatic carbocycles. The van der Waals surface area contributed by atoms with Crippen LogP contribution in [0, 0.1) is 0 Å². The van der Waals surface area contributed by atoms with E-state index in [1.807, 2.05) is 28.8 Å². The highest BCUT2D eigenvalue weighted by Crippen LogP contribution is 2.33. The van der Waals surface area contributed by atoms with Crippen LogP contribution in [0.5, 0.6) is 0 Å². The summed E-state index contributed by atoms with van der Waals surface area (Å²) in [5.74, 6) is 1.32. The molecule has 3 heterocycles. The first-order chi connectivity index (χ1) is 13.3. The highest BCUT2D eigenvalue weighted by molar-refractivity contribution is 7.98. The van der Waals surface area contributed by atoms with Crippen molar-refractivity contribution in [2.75, 3.05) is 5.73 Å². The second-order valence-corrected chi connectivity index (χ2v) is 7.26. The average molecular weight is 371 g/mol. The highest BCUT2D eigenvalue weighted by Gasteiger charge is 2.17. The maximum atomic E-state index is 6.21. The number of thioether (sulfide) groups is 1. The Hall–Kier alpha value is -3.25. The summed E-state index contributed by atoms with van der Waals surface area (Å²) in [5.41, 5.74) is 11.2. The standard InChI is InChI=1S/C21H17N5S/c22-20-19-18(17-12-15-8-4-5-9-16(15)24-17)25-21(26(19)11-10-23-20)27-13-14-6-2-1-3-7-14/h1-12,24H,13H2,(H2,22,23). The van der Waals surface area contributed by atoms with Gasteiger partial charge in [-0.05, 0) is 17.7 Å². The predicted octanol–water partition coefficient (Wildman–Crippen LogP) is 4.75. The van der Waals surface area contributed by atoms with Crippen LogP contribution in [0.3, 0.4) is 0 Å². The Morgan fingerprint density at radius 2 is 1.85 bits per heavy atom. The van der Waals surface area contributed by atoms with Gasteiger partial charge in [-0.1, -0.05) is 60.3 Å². The van der Waals surface area contributed by atoms with Crippen molar-refractivity contribution in [2.24, 2.45) is 0 Å². The Morgan fingerprint density at radius 3 is 2.70 bits per heavy atom. The number of hydrogen-bond acceptors (Lipinski definition) is 4. The van der Waals surface area contributed by atoms with Gasteiger partial charge in [-0.15, -0.1) is 0 Å². The number of nitrogens with zero attached hydrogens (tertiary/aromatic N) is 3. The molecule has 0 saturated heterocycles. The Kier molecular flexibility index (Phi) is 3.83. The van der Waals surface area contributed by atoms with Crippen molar-refractivity contribution >= 4 is 34.0 Å². The van der Waals surface area contributed by atoms with Gasteiger partial charge >= 0.3 is 0 Å². The second kappa shape index (κ2) is 6.48. The van der Waals surface area contributed by atoms with Crippen molar-refractivity contribution in [3.8, 4) is 11.4 Å². The third-order valence-electron chi connectivity index (χ3n) is 4.55. The van der Waals surface area contributed by atoms with Crippen LogP contribution >= 0.6 is 11.8 Å². The Morgan fingerprint density at radius 1 is 1.04 bits per heavy atom. The number of anilines is 1. The van der Waals surface area contributed by atoms with Gasteiger partial charge in [0.15, 0.2) is 5.16 Å². The number of imidazole rings is 1. The van der Waals surface area contributed by atoms with Gasteiger partial charge in [-0.3, -0.25) is 4.40 Å². The molecule has 5 aromatic rings. The number of H-pyrrole nitrogens is 1. The molecule has 0 radical (unpaired) electrons. The predicted molar refractivity (Wildman–Crippen MR) is 111 cm³/mol. The molecule has 5 nitrogen and oxygen atoms in total. The topological polar surface area (TPSA) is 72.0 Å². The second-order valence-electron chi connectivity index (χ2n) is 6.32. The SMILES string of the molecule is Nc1nccn2c(SCc3ccccc3)nc(-c3cc4ccccc4[nH]3)c12. The van der Waals surface area contributed by atoms with Crippen molar-refractivity contribution in [2.45, 2.75) is 10.9 Å². The molecule has 0 saturated carbocycles. The molecule has 5 rings (SSSR count). The Balaban J connectivity index is 1.62. The minimum Gasteiger partial charge on any atom is -0.382 e. The molecule has 0 unspecified atom stereocenters. The third-order valence-corrected chi connectivity index (χ3v) is 5.57. The summed E-state index contributed by atoms with van der Waals surface area (Å²) < 4.78 is 2.02. The van der Waals surface area contributed by atoms with E-state index in [-0.39, 0.29) is 0 Å². The van der Waals surface area contributed by atoms with Crippen LogP contribution in [-0.4, -0.2) is 19.4 Å². The minimum atomic E-state index is 0.477. The fourth-order valence-corrected chi connectivity index (χ4v) is 4.18. The first kappa shape index (κ1) is 16.0. The Labute approximate surface area is 160 Å². The molecule has 27 heavy (non-hydrogen) atoms. The van der Waals surface area contributed by atoms with Crippen LogP contribution < -0.4 is 5.73 Å². The number of nitrogens with one attached hydrogen (secondary N) is 1. The van der Waals surface area contributed by atoms with Gasteiger partial charge in [-0.2, -0.15) is 0 Å². The van der Waals surface area contributed by atoms with Gasteiger partial charge in [0.05, 0.1) is 5.69 Å². The molecule has 0 fully saturated rings. The fourth-order valence-electron chi connectivity index (χ4n) is 3.25. The van der Waals surface area contributed by atoms with E-state index in [9.17, 15) is 0 Å². The zero-order valence-corrected chi connectivity index (χ0v) is 15.3. The first-order valence-electron chi connectivity index (χ1n) is 8.67. The van der Waals surface area contributed by atoms with Crippen molar-refractivity contribution in [3.63, 3.8) is 0 Å². The summed E-state index contributed by atoms with van der Waals surface area (Å²) in [5, 5.41) is 2.05. The van der Waals surface area contributed by atoms with Crippen LogP contribution in [0.4, 0.5) is 5.82 Å². The normalized spacial score (nSPS) is 11.4. The summed E-state index contributed by atoms with van der Waals surface area (Å²) in [4.78, 5) is 12.6. The lowest BCUT2D eigenvalue weighted by molar-refractivity contribution is 0.949. The van der Waals surface area contributed by atoms with Crippen LogP contribution in [-0.2, 0) is 5.75 Å². The van der Waals surface area contributed by atoms with Gasteiger partial charge < -0.3 is 10.7 Å². The number of para-hydroxylation sites is 1. The van der Waals surface area contributed by atoms with Gasteiger partial charge in [-0.25, -0.2) is 9.97 Å². The fraction of sp³-hybridized carbons (Fsp3) is 0.0476. The zero-order chi connectivity index (χ0) is 18.2. The maximum absolute atomic E-state index is 6.21. The molecule has 0 aliphatic heterocycles. The summed E-state index contributed by atoms with van der Waals surface area (Å²) in [7, 11) is 0. The lowest BCUT2D eigenvalue weighted by Crippen LogP contribution is -1.96. The van der Waals surface area contributed by atoms with E-state index in [0.29, 0.717) is 5.82 Å². The monoisotopic (exact) mass is 371 g/mol. The summed E-state index contributed by atoms with van der Waals surface area (Å²) in [6.07, 6.45) is 3.63. The average Bonchev–Trinajstić information content (AvgIpc) is 3.29. The van der Waals surface area contributed by atoms with Gasteiger partial charge in [0.1, 0.15) is 17.0 Å². The first-order valence-corrected chi connectivity index (χ1v) is 9.65. The van der Waals surface area contributed by atoms with Crippen molar-refractivity contribution < 1.29 is 0 Å². The Bertz CT molecular complexity index is 1210. The summed E-state index contributed by atoms with van der Waals surface area (Å²) in [6.45, 7) is 0. The van der Waals surface area contributed by atoms with Crippen LogP contribution in [0.15, 0.2) is 78.2 Å². The number of fused-ring (bicyclic) bond motifs is 2. The van der Waals surface area contributed by atoms with Crippen LogP contribution in [0.25, 0.3) is 27.8 Å². The largest absolute Gasteiger partial charge is 0.382 e. The summed E-state index contributed by atoms with van der Waals surface area (Å²) >= 11 is 1.69. The molecule has 2 aromatic carbocycles. The molecule has 6 heteroatoms. The van der Waals surface area contributed by atoms with E-state index >= 15 is 0 Å². The number of nitrogen functional groups attached to an aromatic ring is 1. The molecular formula is C21H17N5S. The summed E-state index contributed by atoms with van der Waals surface area (Å²) in [6, 6.07) is 20.7. The van der Waals surface area contributed by atoms with Gasteiger partial charge in [0, 0.05) is 29.0 Å². The van der Waals surface area contributed by atoms with Gasteiger partial charge in [0.2, 0.25) is 0 Å². The highest BCUT2D eigenvalue weighted by atomic mass is 32.2. The smallest absolute Gasteiger partial charge is 0.173 e. The molecule has 0 aliphatic rings. The van der Waals surface area contributed by atoms with Crippen LogP contribution in [0.2, 0.25) is 0 Å². The zero-order valence-electron chi connectivity index (χ0n) is 14.5. The number of nitrogens with two attached hydrogens (primary N) is 1. The molecule has 0 bridgehead atoms. The number of rotatable bonds is 4. The minimum absolute atomic E-state index is 0.477. The number of hydrogen-bond donors (Lipinski definition) is 2. The van der Waals surface area contributed by atoms with E-state index in [1.54, 1.807) is 18.0 Å². The maximum Gasteiger partial charge on any atom is 0.173 e. The molecule has 0 atom stereocenters. The van der Waals surface area contributed by atoms with E-state index in [2.05, 4.69) is 52.4 Å². The molecule has 3 N–H and O–H groups in total. The quantitative estimate of drug-likeness (QED) is 0.447. The van der Waals surface area contributed by atoms with Gasteiger partial charge in [0.25, 0.3) is 0 Å². The van der Waals surface area contributed by atoms with Crippen molar-refractivity contribution in [1.29, 1.82) is 0 Å². The molecule has 3 aromatic heterocycles. The van der Waals surface area contributed by atoms with E-state index in [1.165, 1.54) is 5.56 Å². The third kappa shape index (κ3) is 2.84. The molecular weight excluding hydrogens is 354 g/mol. The van der Waals surface area contributed by atoms with Crippen molar-refractivity contribution in [3.05, 3.63) is 78.6 Å². The van der Waals surface area contributed by atoms with Crippen molar-refractivity contribution in [1.82, 2.24) is 19.4 Å². The van der Waals surface area contributed by atoms with E-state index in [4.69, 9.17) is 10.7 Å². The lowest BCUT2D eigenvalue weighted by Gasteiger charge is -2.02. The number of aromatic nitrogens is 4. The van der Waals surface area contributed by atoms with E-state index < -0.39 is 0 Å². The number of aromatic amines is 1. The number of benzene rings is 2. The van der Waals surface area contributed by atoms with Crippen LogP contribution in [0.1, 0.15) is 5.56 Å². The van der Waals surface area contributed by atoms with E-state index in [0.717, 1.165) is 38.7 Å². The molecule has 0 amide bonds. The molecule has 132 valence electrons. The lowest BCUT2D eigenvalue weighted by atomic mass is 10.2. The molecule has 0 spiro atoms.